The van der Waals surface area contributed by atoms with Crippen molar-refractivity contribution in [2.24, 2.45) is 5.14 Å². The highest BCUT2D eigenvalue weighted by atomic mass is 32.3. The van der Waals surface area contributed by atoms with Crippen molar-refractivity contribution in [3.05, 3.63) is 47.5 Å². The number of primary sulfonamides is 1. The standard InChI is InChI=1S/C17H23N3O4S3/c1-2-9-19-15-12-20(10-8-13-6-4-3-5-7-13)27(23,24)17-14(15)11-16(25-17)26(18,21)22/h3-7,11,15,19H,2,8-10,12H2,1H3,(H2,18,21,22)/t15-/m0/s1. The summed E-state index contributed by atoms with van der Waals surface area (Å²) in [5.74, 6) is 0. The van der Waals surface area contributed by atoms with Crippen LogP contribution < -0.4 is 10.5 Å². The first-order valence-corrected chi connectivity index (χ1v) is 12.5. The van der Waals surface area contributed by atoms with Crippen LogP contribution >= 0.6 is 11.3 Å². The van der Waals surface area contributed by atoms with Crippen LogP contribution in [0.4, 0.5) is 0 Å². The van der Waals surface area contributed by atoms with Crippen LogP contribution in [0, 0.1) is 0 Å². The third-order valence-electron chi connectivity index (χ3n) is 4.45. The Bertz CT molecular complexity index is 1000. The van der Waals surface area contributed by atoms with Gasteiger partial charge in [0.2, 0.25) is 10.0 Å². The van der Waals surface area contributed by atoms with E-state index >= 15 is 0 Å². The number of nitrogens with two attached hydrogens (primary N) is 1. The van der Waals surface area contributed by atoms with E-state index in [0.29, 0.717) is 25.1 Å². The first-order chi connectivity index (χ1) is 12.7. The molecule has 0 unspecified atom stereocenters. The van der Waals surface area contributed by atoms with Gasteiger partial charge < -0.3 is 5.32 Å². The lowest BCUT2D eigenvalue weighted by Crippen LogP contribution is -2.44. The molecule has 1 aromatic heterocycles. The number of fused-ring (bicyclic) bond motifs is 1. The number of hydrogen-bond donors (Lipinski definition) is 2. The Morgan fingerprint density at radius 2 is 2.00 bits per heavy atom. The van der Waals surface area contributed by atoms with Crippen molar-refractivity contribution in [1.82, 2.24) is 9.62 Å². The highest BCUT2D eigenvalue weighted by molar-refractivity contribution is 7.94. The van der Waals surface area contributed by atoms with Crippen LogP contribution in [0.2, 0.25) is 0 Å². The van der Waals surface area contributed by atoms with Gasteiger partial charge in [0.25, 0.3) is 10.0 Å². The predicted octanol–water partition coefficient (Wildman–Crippen LogP) is 1.68. The number of rotatable bonds is 7. The number of benzene rings is 1. The van der Waals surface area contributed by atoms with Gasteiger partial charge in [0.15, 0.2) is 0 Å². The Balaban J connectivity index is 1.94. The molecule has 27 heavy (non-hydrogen) atoms. The zero-order chi connectivity index (χ0) is 19.7. The molecule has 10 heteroatoms. The molecular formula is C17H23N3O4S3. The van der Waals surface area contributed by atoms with Crippen molar-refractivity contribution in [1.29, 1.82) is 0 Å². The SMILES string of the molecule is CCCN[C@H]1CN(CCc2ccccc2)S(=O)(=O)c2sc(S(N)(=O)=O)cc21. The lowest BCUT2D eigenvalue weighted by atomic mass is 10.1. The molecule has 148 valence electrons. The molecule has 2 aromatic rings. The van der Waals surface area contributed by atoms with Gasteiger partial charge in [0, 0.05) is 24.7 Å². The normalized spacial score (nSPS) is 19.7. The van der Waals surface area contributed by atoms with Gasteiger partial charge in [-0.15, -0.1) is 11.3 Å². The molecule has 1 aliphatic heterocycles. The summed E-state index contributed by atoms with van der Waals surface area (Å²) >= 11 is 0.729. The van der Waals surface area contributed by atoms with Crippen LogP contribution in [0.5, 0.6) is 0 Å². The van der Waals surface area contributed by atoms with Gasteiger partial charge in [-0.25, -0.2) is 22.0 Å². The molecule has 1 atom stereocenters. The van der Waals surface area contributed by atoms with E-state index in [1.807, 2.05) is 37.3 Å². The average Bonchev–Trinajstić information content (AvgIpc) is 3.08. The maximum absolute atomic E-state index is 13.1. The summed E-state index contributed by atoms with van der Waals surface area (Å²) in [6.07, 6.45) is 1.47. The first kappa shape index (κ1) is 20.4. The summed E-state index contributed by atoms with van der Waals surface area (Å²) in [4.78, 5) is 0. The largest absolute Gasteiger partial charge is 0.309 e. The van der Waals surface area contributed by atoms with Crippen LogP contribution in [-0.4, -0.2) is 40.8 Å². The molecule has 1 aromatic carbocycles. The third kappa shape index (κ3) is 4.41. The molecule has 0 bridgehead atoms. The molecule has 0 spiro atoms. The Labute approximate surface area is 164 Å². The van der Waals surface area contributed by atoms with Crippen LogP contribution in [0.1, 0.15) is 30.5 Å². The molecule has 3 N–H and O–H groups in total. The van der Waals surface area contributed by atoms with E-state index in [1.165, 1.54) is 10.4 Å². The summed E-state index contributed by atoms with van der Waals surface area (Å²) in [5.41, 5.74) is 1.54. The smallest absolute Gasteiger partial charge is 0.253 e. The fourth-order valence-electron chi connectivity index (χ4n) is 3.07. The minimum absolute atomic E-state index is 0.0689. The van der Waals surface area contributed by atoms with E-state index in [-0.39, 0.29) is 21.0 Å². The quantitative estimate of drug-likeness (QED) is 0.696. The second kappa shape index (κ2) is 7.98. The second-order valence-electron chi connectivity index (χ2n) is 6.46. The monoisotopic (exact) mass is 429 g/mol. The fourth-order valence-corrected chi connectivity index (χ4v) is 7.34. The van der Waals surface area contributed by atoms with Gasteiger partial charge in [-0.1, -0.05) is 37.3 Å². The van der Waals surface area contributed by atoms with Crippen molar-refractivity contribution in [2.45, 2.75) is 34.2 Å². The highest BCUT2D eigenvalue weighted by Gasteiger charge is 2.39. The van der Waals surface area contributed by atoms with Crippen molar-refractivity contribution >= 4 is 31.4 Å². The molecule has 0 aliphatic carbocycles. The second-order valence-corrected chi connectivity index (χ2v) is 11.4. The summed E-state index contributed by atoms with van der Waals surface area (Å²) in [6.45, 7) is 3.32. The molecule has 3 rings (SSSR count). The number of nitrogens with one attached hydrogen (secondary N) is 1. The van der Waals surface area contributed by atoms with Gasteiger partial charge in [0.1, 0.15) is 8.42 Å². The van der Waals surface area contributed by atoms with Crippen LogP contribution in [0.3, 0.4) is 0 Å². The van der Waals surface area contributed by atoms with E-state index in [2.05, 4.69) is 5.32 Å². The number of nitrogens with zero attached hydrogens (tertiary/aromatic N) is 1. The lowest BCUT2D eigenvalue weighted by Gasteiger charge is -2.32. The highest BCUT2D eigenvalue weighted by Crippen LogP contribution is 2.39. The minimum Gasteiger partial charge on any atom is -0.309 e. The summed E-state index contributed by atoms with van der Waals surface area (Å²) < 4.78 is 51.0. The van der Waals surface area contributed by atoms with Crippen molar-refractivity contribution in [3.8, 4) is 0 Å². The van der Waals surface area contributed by atoms with Crippen molar-refractivity contribution in [2.75, 3.05) is 19.6 Å². The topological polar surface area (TPSA) is 110 Å². The Morgan fingerprint density at radius 1 is 1.30 bits per heavy atom. The van der Waals surface area contributed by atoms with Crippen LogP contribution in [0.15, 0.2) is 44.8 Å². The van der Waals surface area contributed by atoms with E-state index in [9.17, 15) is 16.8 Å². The van der Waals surface area contributed by atoms with Crippen LogP contribution in [0.25, 0.3) is 0 Å². The van der Waals surface area contributed by atoms with Gasteiger partial charge in [-0.3, -0.25) is 0 Å². The Kier molecular flexibility index (Phi) is 6.04. The van der Waals surface area contributed by atoms with Gasteiger partial charge in [0.05, 0.1) is 0 Å². The van der Waals surface area contributed by atoms with Gasteiger partial charge >= 0.3 is 0 Å². The van der Waals surface area contributed by atoms with Crippen molar-refractivity contribution < 1.29 is 16.8 Å². The molecule has 7 nitrogen and oxygen atoms in total. The van der Waals surface area contributed by atoms with E-state index in [4.69, 9.17) is 5.14 Å². The predicted molar refractivity (Wildman–Crippen MR) is 106 cm³/mol. The summed E-state index contributed by atoms with van der Waals surface area (Å²) in [7, 11) is -7.71. The average molecular weight is 430 g/mol. The minimum atomic E-state index is -3.96. The Morgan fingerprint density at radius 3 is 2.63 bits per heavy atom. The Hall–Kier alpha value is -1.30. The van der Waals surface area contributed by atoms with E-state index in [1.54, 1.807) is 0 Å². The third-order valence-corrected chi connectivity index (χ3v) is 9.42. The lowest BCUT2D eigenvalue weighted by molar-refractivity contribution is 0.344. The molecular weight excluding hydrogens is 406 g/mol. The summed E-state index contributed by atoms with van der Waals surface area (Å²) in [5, 5.41) is 8.55. The van der Waals surface area contributed by atoms with Gasteiger partial charge in [-0.2, -0.15) is 4.31 Å². The maximum Gasteiger partial charge on any atom is 0.253 e. The molecule has 2 heterocycles. The van der Waals surface area contributed by atoms with Crippen molar-refractivity contribution in [3.63, 3.8) is 0 Å². The zero-order valence-corrected chi connectivity index (χ0v) is 17.4. The zero-order valence-electron chi connectivity index (χ0n) is 15.0. The summed E-state index contributed by atoms with van der Waals surface area (Å²) in [6, 6.07) is 10.8. The maximum atomic E-state index is 13.1. The van der Waals surface area contributed by atoms with E-state index in [0.717, 1.165) is 23.3 Å². The number of hydrogen-bond acceptors (Lipinski definition) is 6. The number of sulfonamides is 2. The first-order valence-electron chi connectivity index (χ1n) is 8.67. The van der Waals surface area contributed by atoms with Crippen LogP contribution in [-0.2, 0) is 26.5 Å². The molecule has 0 saturated carbocycles. The van der Waals surface area contributed by atoms with E-state index < -0.39 is 20.0 Å². The molecule has 0 saturated heterocycles. The molecule has 0 fully saturated rings. The molecule has 0 radical (unpaired) electrons. The fraction of sp³-hybridized carbons (Fsp3) is 0.412. The molecule has 1 aliphatic rings. The van der Waals surface area contributed by atoms with Gasteiger partial charge in [-0.05, 0) is 31.0 Å². The number of thiophene rings is 1. The molecule has 0 amide bonds.